The van der Waals surface area contributed by atoms with Gasteiger partial charge in [0.15, 0.2) is 0 Å². The van der Waals surface area contributed by atoms with Gasteiger partial charge >= 0.3 is 6.09 Å². The van der Waals surface area contributed by atoms with Crippen LogP contribution >= 0.6 is 0 Å². The zero-order valence-electron chi connectivity index (χ0n) is 18.6. The average Bonchev–Trinajstić information content (AvgIpc) is 2.69. The Hall–Kier alpha value is -3.10. The number of carbonyl (C=O) groups is 4. The fourth-order valence-corrected chi connectivity index (χ4v) is 2.86. The molecule has 9 heteroatoms. The minimum Gasteiger partial charge on any atom is -0.445 e. The van der Waals surface area contributed by atoms with E-state index in [2.05, 4.69) is 16.0 Å². The maximum absolute atomic E-state index is 12.7. The number of nitrogens with one attached hydrogen (secondary N) is 3. The quantitative estimate of drug-likeness (QED) is 0.394. The Bertz CT molecular complexity index is 737. The van der Waals surface area contributed by atoms with E-state index in [9.17, 15) is 19.2 Å². The van der Waals surface area contributed by atoms with Crippen molar-refractivity contribution in [2.24, 2.45) is 17.6 Å². The van der Waals surface area contributed by atoms with Gasteiger partial charge in [0, 0.05) is 0 Å². The third-order valence-electron chi connectivity index (χ3n) is 4.33. The van der Waals surface area contributed by atoms with Crippen molar-refractivity contribution in [3.63, 3.8) is 0 Å². The zero-order valence-corrected chi connectivity index (χ0v) is 18.6. The Labute approximate surface area is 183 Å². The van der Waals surface area contributed by atoms with E-state index in [0.29, 0.717) is 12.8 Å². The summed E-state index contributed by atoms with van der Waals surface area (Å²) in [6, 6.07) is 7.46. The predicted molar refractivity (Wildman–Crippen MR) is 117 cm³/mol. The van der Waals surface area contributed by atoms with Gasteiger partial charge in [-0.15, -0.1) is 0 Å². The molecule has 1 aromatic rings. The normalized spacial score (nSPS) is 12.7. The highest BCUT2D eigenvalue weighted by atomic mass is 16.5. The molecule has 0 saturated carbocycles. The SMILES string of the molecule is CC(C)C[C@H](NC(=O)[C@H](CC(C)C)NC(=O)CNC(=O)OCc1ccccc1)C(N)=O. The first-order chi connectivity index (χ1) is 14.6. The van der Waals surface area contributed by atoms with Crippen molar-refractivity contribution in [3.05, 3.63) is 35.9 Å². The summed E-state index contributed by atoms with van der Waals surface area (Å²) in [5.41, 5.74) is 6.21. The van der Waals surface area contributed by atoms with E-state index in [1.165, 1.54) is 0 Å². The average molecular weight is 435 g/mol. The number of rotatable bonds is 12. The van der Waals surface area contributed by atoms with Crippen LogP contribution in [0.25, 0.3) is 0 Å². The summed E-state index contributed by atoms with van der Waals surface area (Å²) < 4.78 is 5.05. The number of primary amides is 1. The Morgan fingerprint density at radius 3 is 2.03 bits per heavy atom. The summed E-state index contributed by atoms with van der Waals surface area (Å²) in [5, 5.41) is 7.58. The van der Waals surface area contributed by atoms with Crippen LogP contribution in [0.3, 0.4) is 0 Å². The Morgan fingerprint density at radius 1 is 0.903 bits per heavy atom. The Balaban J connectivity index is 2.57. The minimum absolute atomic E-state index is 0.0804. The lowest BCUT2D eigenvalue weighted by molar-refractivity contribution is -0.131. The predicted octanol–water partition coefficient (Wildman–Crippen LogP) is 1.46. The van der Waals surface area contributed by atoms with E-state index >= 15 is 0 Å². The molecule has 0 aliphatic carbocycles. The van der Waals surface area contributed by atoms with Gasteiger partial charge in [0.25, 0.3) is 0 Å². The van der Waals surface area contributed by atoms with Crippen molar-refractivity contribution in [1.29, 1.82) is 0 Å². The van der Waals surface area contributed by atoms with E-state index < -0.39 is 35.9 Å². The molecule has 1 aromatic carbocycles. The first-order valence-corrected chi connectivity index (χ1v) is 10.4. The molecule has 2 atom stereocenters. The molecule has 5 N–H and O–H groups in total. The smallest absolute Gasteiger partial charge is 0.407 e. The molecule has 9 nitrogen and oxygen atoms in total. The lowest BCUT2D eigenvalue weighted by Crippen LogP contribution is -2.54. The summed E-state index contributed by atoms with van der Waals surface area (Å²) in [4.78, 5) is 48.4. The molecule has 0 unspecified atom stereocenters. The molecule has 0 fully saturated rings. The molecule has 0 spiro atoms. The number of hydrogen-bond acceptors (Lipinski definition) is 5. The number of benzene rings is 1. The van der Waals surface area contributed by atoms with Crippen molar-refractivity contribution in [3.8, 4) is 0 Å². The van der Waals surface area contributed by atoms with Crippen LogP contribution in [0.2, 0.25) is 0 Å². The molecule has 0 saturated heterocycles. The minimum atomic E-state index is -0.858. The number of amides is 4. The molecule has 0 aromatic heterocycles. The molecule has 0 heterocycles. The van der Waals surface area contributed by atoms with Crippen molar-refractivity contribution in [1.82, 2.24) is 16.0 Å². The van der Waals surface area contributed by atoms with E-state index in [1.54, 1.807) is 0 Å². The van der Waals surface area contributed by atoms with Crippen LogP contribution in [-0.2, 0) is 25.7 Å². The standard InChI is InChI=1S/C22H34N4O5/c1-14(2)10-17(20(23)28)26-21(29)18(11-15(3)4)25-19(27)12-24-22(30)31-13-16-8-6-5-7-9-16/h5-9,14-15,17-18H,10-13H2,1-4H3,(H2,23,28)(H,24,30)(H,25,27)(H,26,29)/t17-,18-/m0/s1. The van der Waals surface area contributed by atoms with Crippen LogP contribution in [0.15, 0.2) is 30.3 Å². The van der Waals surface area contributed by atoms with Crippen LogP contribution in [-0.4, -0.2) is 42.4 Å². The van der Waals surface area contributed by atoms with Gasteiger partial charge in [0.1, 0.15) is 25.2 Å². The highest BCUT2D eigenvalue weighted by Gasteiger charge is 2.26. The molecule has 0 aliphatic heterocycles. The van der Waals surface area contributed by atoms with Gasteiger partial charge in [-0.05, 0) is 30.2 Å². The summed E-state index contributed by atoms with van der Waals surface area (Å²) in [5.74, 6) is -1.39. The van der Waals surface area contributed by atoms with Gasteiger partial charge in [0.2, 0.25) is 17.7 Å². The Kier molecular flexibility index (Phi) is 11.1. The lowest BCUT2D eigenvalue weighted by Gasteiger charge is -2.24. The van der Waals surface area contributed by atoms with E-state index in [0.717, 1.165) is 5.56 Å². The lowest BCUT2D eigenvalue weighted by atomic mass is 10.0. The van der Waals surface area contributed by atoms with Crippen LogP contribution in [0.4, 0.5) is 4.79 Å². The third-order valence-corrected chi connectivity index (χ3v) is 4.33. The first-order valence-electron chi connectivity index (χ1n) is 10.4. The second-order valence-electron chi connectivity index (χ2n) is 8.26. The molecule has 1 rings (SSSR count). The second-order valence-corrected chi connectivity index (χ2v) is 8.26. The van der Waals surface area contributed by atoms with Crippen LogP contribution in [0.5, 0.6) is 0 Å². The van der Waals surface area contributed by atoms with Crippen LogP contribution in [0, 0.1) is 11.8 Å². The fourth-order valence-electron chi connectivity index (χ4n) is 2.86. The molecular formula is C22H34N4O5. The fraction of sp³-hybridized carbons (Fsp3) is 0.545. The summed E-state index contributed by atoms with van der Waals surface area (Å²) in [6.45, 7) is 7.38. The topological polar surface area (TPSA) is 140 Å². The van der Waals surface area contributed by atoms with Gasteiger partial charge in [-0.1, -0.05) is 58.0 Å². The molecule has 4 amide bonds. The maximum atomic E-state index is 12.7. The first kappa shape index (κ1) is 25.9. The molecular weight excluding hydrogens is 400 g/mol. The largest absolute Gasteiger partial charge is 0.445 e. The van der Waals surface area contributed by atoms with E-state index in [1.807, 2.05) is 58.0 Å². The Morgan fingerprint density at radius 2 is 1.48 bits per heavy atom. The molecule has 0 aliphatic rings. The van der Waals surface area contributed by atoms with Gasteiger partial charge < -0.3 is 26.4 Å². The number of nitrogens with two attached hydrogens (primary N) is 1. The number of alkyl carbamates (subject to hydrolysis) is 1. The monoisotopic (exact) mass is 434 g/mol. The number of carbonyl (C=O) groups excluding carboxylic acids is 4. The van der Waals surface area contributed by atoms with Crippen molar-refractivity contribution >= 4 is 23.8 Å². The van der Waals surface area contributed by atoms with Crippen LogP contribution in [0.1, 0.15) is 46.1 Å². The van der Waals surface area contributed by atoms with E-state index in [4.69, 9.17) is 10.5 Å². The van der Waals surface area contributed by atoms with Crippen molar-refractivity contribution in [2.75, 3.05) is 6.54 Å². The van der Waals surface area contributed by atoms with Gasteiger partial charge in [-0.2, -0.15) is 0 Å². The van der Waals surface area contributed by atoms with Gasteiger partial charge in [-0.3, -0.25) is 14.4 Å². The summed E-state index contributed by atoms with van der Waals surface area (Å²) >= 11 is 0. The summed E-state index contributed by atoms with van der Waals surface area (Å²) in [6.07, 6.45) is 0.0242. The third kappa shape index (κ3) is 11.0. The maximum Gasteiger partial charge on any atom is 0.407 e. The second kappa shape index (κ2) is 13.3. The number of ether oxygens (including phenoxy) is 1. The highest BCUT2D eigenvalue weighted by Crippen LogP contribution is 2.08. The van der Waals surface area contributed by atoms with Crippen LogP contribution < -0.4 is 21.7 Å². The summed E-state index contributed by atoms with van der Waals surface area (Å²) in [7, 11) is 0. The molecule has 172 valence electrons. The van der Waals surface area contributed by atoms with Gasteiger partial charge in [0.05, 0.1) is 0 Å². The van der Waals surface area contributed by atoms with Crippen molar-refractivity contribution < 1.29 is 23.9 Å². The van der Waals surface area contributed by atoms with Gasteiger partial charge in [-0.25, -0.2) is 4.79 Å². The van der Waals surface area contributed by atoms with E-state index in [-0.39, 0.29) is 25.0 Å². The molecule has 31 heavy (non-hydrogen) atoms. The zero-order chi connectivity index (χ0) is 23.4. The molecule has 0 radical (unpaired) electrons. The highest BCUT2D eigenvalue weighted by molar-refractivity contribution is 5.92. The number of hydrogen-bond donors (Lipinski definition) is 4. The molecule has 0 bridgehead atoms. The van der Waals surface area contributed by atoms with Crippen molar-refractivity contribution in [2.45, 2.75) is 59.2 Å².